The first-order chi connectivity index (χ1) is 18.9. The number of methoxy groups -OCH3 is 1. The molecule has 13 heteroatoms. The molecule has 2 N–H and O–H groups in total. The first-order valence-electron chi connectivity index (χ1n) is 11.8. The van der Waals surface area contributed by atoms with E-state index in [0.29, 0.717) is 50.1 Å². The first-order valence-corrected chi connectivity index (χ1v) is 12.7. The number of aliphatic hydroxyl groups is 1. The van der Waals surface area contributed by atoms with Crippen LogP contribution in [0.25, 0.3) is 32.0 Å². The van der Waals surface area contributed by atoms with Crippen LogP contribution in [0.5, 0.6) is 11.8 Å². The Morgan fingerprint density at radius 1 is 1.10 bits per heavy atom. The lowest BCUT2D eigenvalue weighted by atomic mass is 10.1. The molecule has 0 fully saturated rings. The van der Waals surface area contributed by atoms with Crippen molar-refractivity contribution in [2.75, 3.05) is 32.2 Å². The van der Waals surface area contributed by atoms with E-state index in [0.717, 1.165) is 11.1 Å². The highest BCUT2D eigenvalue weighted by Gasteiger charge is 2.17. The Morgan fingerprint density at radius 2 is 1.97 bits per heavy atom. The summed E-state index contributed by atoms with van der Waals surface area (Å²) in [5.74, 6) is -0.501. The van der Waals surface area contributed by atoms with E-state index in [4.69, 9.17) is 19.3 Å². The Balaban J connectivity index is 1.26. The zero-order valence-electron chi connectivity index (χ0n) is 21.0. The van der Waals surface area contributed by atoms with Gasteiger partial charge < -0.3 is 19.3 Å². The molecule has 4 aromatic heterocycles. The molecule has 0 aliphatic heterocycles. The number of benzene rings is 1. The lowest BCUT2D eigenvalue weighted by Gasteiger charge is -2.09. The van der Waals surface area contributed by atoms with Crippen LogP contribution in [0.4, 0.5) is 14.9 Å². The van der Waals surface area contributed by atoms with E-state index >= 15 is 0 Å². The van der Waals surface area contributed by atoms with Gasteiger partial charge in [-0.1, -0.05) is 11.3 Å². The second kappa shape index (κ2) is 11.5. The summed E-state index contributed by atoms with van der Waals surface area (Å²) in [4.78, 5) is 34.4. The number of aliphatic hydroxyl groups excluding tert-OH is 1. The predicted molar refractivity (Wildman–Crippen MR) is 143 cm³/mol. The predicted octanol–water partition coefficient (Wildman–Crippen LogP) is 4.31. The largest absolute Gasteiger partial charge is 0.480 e. The van der Waals surface area contributed by atoms with Crippen molar-refractivity contribution in [2.24, 2.45) is 0 Å². The van der Waals surface area contributed by atoms with Crippen molar-refractivity contribution in [2.45, 2.75) is 13.3 Å². The second-order valence-corrected chi connectivity index (χ2v) is 9.31. The molecule has 0 spiro atoms. The van der Waals surface area contributed by atoms with Crippen molar-refractivity contribution in [1.29, 1.82) is 0 Å². The molecule has 200 valence electrons. The average molecular weight is 551 g/mol. The zero-order valence-corrected chi connectivity index (χ0v) is 21.8. The molecule has 11 nitrogen and oxygen atoms in total. The van der Waals surface area contributed by atoms with E-state index in [2.05, 4.69) is 30.2 Å². The second-order valence-electron chi connectivity index (χ2n) is 8.33. The van der Waals surface area contributed by atoms with Gasteiger partial charge in [0.15, 0.2) is 5.82 Å². The number of anilines is 1. The summed E-state index contributed by atoms with van der Waals surface area (Å²) in [6, 6.07) is 8.33. The maximum atomic E-state index is 14.7. The smallest absolute Gasteiger partial charge is 0.411 e. The van der Waals surface area contributed by atoms with Gasteiger partial charge in [-0.3, -0.25) is 10.3 Å². The van der Waals surface area contributed by atoms with Crippen LogP contribution < -0.4 is 14.8 Å². The summed E-state index contributed by atoms with van der Waals surface area (Å²) < 4.78 is 30.4. The fourth-order valence-corrected chi connectivity index (χ4v) is 4.72. The summed E-state index contributed by atoms with van der Waals surface area (Å²) in [7, 11) is 1.53. The lowest BCUT2D eigenvalue weighted by molar-refractivity contribution is 0.135. The first kappa shape index (κ1) is 26.1. The van der Waals surface area contributed by atoms with Crippen molar-refractivity contribution in [1.82, 2.24) is 24.9 Å². The Kier molecular flexibility index (Phi) is 7.70. The van der Waals surface area contributed by atoms with Gasteiger partial charge in [-0.15, -0.1) is 0 Å². The minimum atomic E-state index is -0.707. The number of rotatable bonds is 9. The average Bonchev–Trinajstić information content (AvgIpc) is 3.33. The van der Waals surface area contributed by atoms with Gasteiger partial charge in [-0.05, 0) is 36.8 Å². The summed E-state index contributed by atoms with van der Waals surface area (Å²) >= 11 is 1.27. The van der Waals surface area contributed by atoms with Gasteiger partial charge in [0.2, 0.25) is 5.88 Å². The highest BCUT2D eigenvalue weighted by molar-refractivity contribution is 7.21. The summed E-state index contributed by atoms with van der Waals surface area (Å²) in [5.41, 5.74) is 4.50. The Bertz CT molecular complexity index is 1660. The third kappa shape index (κ3) is 5.99. The number of nitrogens with zero attached hydrogens (tertiary/aromatic N) is 5. The highest BCUT2D eigenvalue weighted by Crippen LogP contribution is 2.35. The quantitative estimate of drug-likeness (QED) is 0.255. The number of fused-ring (bicyclic) bond motifs is 2. The molecule has 0 unspecified atom stereocenters. The number of halogens is 1. The van der Waals surface area contributed by atoms with Gasteiger partial charge in [-0.25, -0.2) is 24.1 Å². The van der Waals surface area contributed by atoms with E-state index in [9.17, 15) is 9.18 Å². The van der Waals surface area contributed by atoms with E-state index in [1.165, 1.54) is 36.9 Å². The number of hydrogen-bond acceptors (Lipinski definition) is 11. The van der Waals surface area contributed by atoms with Crippen molar-refractivity contribution in [3.8, 4) is 22.3 Å². The number of ether oxygens (including phenoxy) is 3. The Hall–Kier alpha value is -4.49. The third-order valence-corrected chi connectivity index (χ3v) is 6.50. The molecule has 0 radical (unpaired) electrons. The van der Waals surface area contributed by atoms with Gasteiger partial charge in [0.25, 0.3) is 5.88 Å². The Morgan fingerprint density at radius 3 is 2.79 bits per heavy atom. The van der Waals surface area contributed by atoms with Crippen LogP contribution in [-0.4, -0.2) is 63.1 Å². The normalized spacial score (nSPS) is 11.1. The highest BCUT2D eigenvalue weighted by atomic mass is 32.1. The van der Waals surface area contributed by atoms with Crippen LogP contribution in [0.1, 0.15) is 11.3 Å². The number of aryl methyl sites for hydroxylation is 1. The fraction of sp³-hybridized carbons (Fsp3) is 0.231. The number of carbonyl (C=O) groups excluding carboxylic acids is 1. The van der Waals surface area contributed by atoms with Crippen molar-refractivity contribution in [3.05, 3.63) is 59.8 Å². The number of aromatic nitrogens is 5. The number of pyridine rings is 2. The van der Waals surface area contributed by atoms with Gasteiger partial charge in [0, 0.05) is 42.2 Å². The zero-order chi connectivity index (χ0) is 27.4. The number of hydrogen-bond donors (Lipinski definition) is 2. The minimum absolute atomic E-state index is 0.0510. The summed E-state index contributed by atoms with van der Waals surface area (Å²) in [6.07, 6.45) is 2.71. The van der Waals surface area contributed by atoms with E-state index in [-0.39, 0.29) is 25.7 Å². The Labute approximate surface area is 225 Å². The van der Waals surface area contributed by atoms with Crippen LogP contribution in [-0.2, 0) is 11.2 Å². The molecular weight excluding hydrogens is 527 g/mol. The van der Waals surface area contributed by atoms with Crippen LogP contribution in [0, 0.1) is 12.7 Å². The fourth-order valence-electron chi connectivity index (χ4n) is 3.78. The lowest BCUT2D eigenvalue weighted by Crippen LogP contribution is -2.18. The van der Waals surface area contributed by atoms with Crippen LogP contribution in [0.3, 0.4) is 0 Å². The molecule has 4 heterocycles. The SMILES string of the molecule is COc1cnc2c(-c3nc4cc(F)c(OCCOC(=O)Nc5ccnc(CCO)c5)nc4s3)cc(C)cc2n1. The molecule has 39 heavy (non-hydrogen) atoms. The molecule has 0 aliphatic rings. The molecule has 0 bridgehead atoms. The molecule has 0 saturated carbocycles. The molecule has 5 aromatic rings. The third-order valence-electron chi connectivity index (χ3n) is 5.50. The molecule has 1 aromatic carbocycles. The summed E-state index contributed by atoms with van der Waals surface area (Å²) in [6.45, 7) is 1.64. The molecule has 0 saturated heterocycles. The monoisotopic (exact) mass is 550 g/mol. The van der Waals surface area contributed by atoms with Crippen LogP contribution >= 0.6 is 11.3 Å². The minimum Gasteiger partial charge on any atom is -0.480 e. The van der Waals surface area contributed by atoms with Gasteiger partial charge in [-0.2, -0.15) is 4.98 Å². The molecule has 0 atom stereocenters. The summed E-state index contributed by atoms with van der Waals surface area (Å²) in [5, 5.41) is 12.2. The van der Waals surface area contributed by atoms with Crippen molar-refractivity contribution >= 4 is 44.5 Å². The number of carbonyl (C=O) groups is 1. The van der Waals surface area contributed by atoms with Crippen LogP contribution in [0.2, 0.25) is 0 Å². The van der Waals surface area contributed by atoms with Crippen molar-refractivity contribution in [3.63, 3.8) is 0 Å². The topological polar surface area (TPSA) is 141 Å². The molecule has 1 amide bonds. The number of thiazole rings is 1. The van der Waals surface area contributed by atoms with E-state index in [1.54, 1.807) is 12.1 Å². The maximum absolute atomic E-state index is 14.7. The number of nitrogens with one attached hydrogen (secondary N) is 1. The van der Waals surface area contributed by atoms with Gasteiger partial charge in [0.1, 0.15) is 28.6 Å². The molecule has 0 aliphatic carbocycles. The standard InChI is InChI=1S/C26H23FN6O5S/c1-14-9-17(22-19(10-14)31-21(36-2)13-29-22)24-32-20-12-18(27)23(33-25(20)39-24)37-7-8-38-26(35)30-16-3-5-28-15(11-16)4-6-34/h3,5,9-13,34H,4,6-8H2,1-2H3,(H,28,30,35). The molecule has 5 rings (SSSR count). The number of amides is 1. The van der Waals surface area contributed by atoms with Crippen molar-refractivity contribution < 1.29 is 28.5 Å². The molecular formula is C26H23FN6O5S. The maximum Gasteiger partial charge on any atom is 0.411 e. The van der Waals surface area contributed by atoms with Gasteiger partial charge in [0.05, 0.1) is 24.3 Å². The van der Waals surface area contributed by atoms with Crippen LogP contribution in [0.15, 0.2) is 42.7 Å². The van der Waals surface area contributed by atoms with E-state index < -0.39 is 11.9 Å². The van der Waals surface area contributed by atoms with E-state index in [1.807, 2.05) is 19.1 Å². The van der Waals surface area contributed by atoms with Gasteiger partial charge >= 0.3 is 6.09 Å².